The Bertz CT molecular complexity index is 525. The van der Waals surface area contributed by atoms with Crippen LogP contribution in [-0.4, -0.2) is 51.8 Å². The maximum Gasteiger partial charge on any atom is 0.305 e. The predicted octanol–water partition coefficient (Wildman–Crippen LogP) is 2.62. The van der Waals surface area contributed by atoms with E-state index in [2.05, 4.69) is 42.8 Å². The van der Waals surface area contributed by atoms with Gasteiger partial charge >= 0.3 is 5.97 Å². The zero-order chi connectivity index (χ0) is 17.9. The first-order valence-electron chi connectivity index (χ1n) is 9.05. The standard InChI is InChI=1S/C18H30N4O2S/c1-19-18(20-11-5-3-4-8-17(23)24-2)21-15-9-12-22(13-10-15)16-7-6-14-25-16/h6-7,14-15H,3-5,8-13H2,1-2H3,(H2,19,20,21). The third kappa shape index (κ3) is 6.94. The number of nitrogens with zero attached hydrogens (tertiary/aromatic N) is 2. The van der Waals surface area contributed by atoms with E-state index in [0.717, 1.165) is 57.7 Å². The summed E-state index contributed by atoms with van der Waals surface area (Å²) in [4.78, 5) is 17.8. The molecule has 0 atom stereocenters. The van der Waals surface area contributed by atoms with E-state index in [1.54, 1.807) is 0 Å². The molecule has 1 aromatic rings. The minimum Gasteiger partial charge on any atom is -0.469 e. The van der Waals surface area contributed by atoms with Crippen molar-refractivity contribution in [3.63, 3.8) is 0 Å². The summed E-state index contributed by atoms with van der Waals surface area (Å²) in [5.41, 5.74) is 0. The molecule has 0 aliphatic carbocycles. The van der Waals surface area contributed by atoms with Gasteiger partial charge in [0.2, 0.25) is 0 Å². The fourth-order valence-corrected chi connectivity index (χ4v) is 3.75. The second-order valence-corrected chi connectivity index (χ2v) is 7.17. The van der Waals surface area contributed by atoms with Crippen LogP contribution in [-0.2, 0) is 9.53 Å². The molecule has 25 heavy (non-hydrogen) atoms. The fraction of sp³-hybridized carbons (Fsp3) is 0.667. The van der Waals surface area contributed by atoms with Crippen LogP contribution in [0, 0.1) is 0 Å². The van der Waals surface area contributed by atoms with Gasteiger partial charge in [-0.3, -0.25) is 9.79 Å². The van der Waals surface area contributed by atoms with Crippen molar-refractivity contribution in [2.24, 2.45) is 4.99 Å². The molecule has 1 saturated heterocycles. The zero-order valence-corrected chi connectivity index (χ0v) is 16.1. The topological polar surface area (TPSA) is 66.0 Å². The van der Waals surface area contributed by atoms with Crippen LogP contribution in [0.2, 0.25) is 0 Å². The molecule has 2 N–H and O–H groups in total. The number of anilines is 1. The highest BCUT2D eigenvalue weighted by molar-refractivity contribution is 7.14. The molecule has 1 aliphatic heterocycles. The summed E-state index contributed by atoms with van der Waals surface area (Å²) in [5.74, 6) is 0.752. The van der Waals surface area contributed by atoms with E-state index in [0.29, 0.717) is 12.5 Å². The first kappa shape index (κ1) is 19.6. The van der Waals surface area contributed by atoms with Gasteiger partial charge in [0.15, 0.2) is 5.96 Å². The van der Waals surface area contributed by atoms with Gasteiger partial charge in [-0.25, -0.2) is 0 Å². The summed E-state index contributed by atoms with van der Waals surface area (Å²) >= 11 is 1.81. The number of carbonyl (C=O) groups excluding carboxylic acids is 1. The molecule has 0 bridgehead atoms. The van der Waals surface area contributed by atoms with Crippen LogP contribution in [0.5, 0.6) is 0 Å². The Labute approximate surface area is 154 Å². The van der Waals surface area contributed by atoms with E-state index < -0.39 is 0 Å². The lowest BCUT2D eigenvalue weighted by Crippen LogP contribution is -2.48. The number of unbranched alkanes of at least 4 members (excludes halogenated alkanes) is 2. The number of thiophene rings is 1. The molecular formula is C18H30N4O2S. The minimum atomic E-state index is -0.126. The Hall–Kier alpha value is -1.76. The van der Waals surface area contributed by atoms with Gasteiger partial charge in [-0.1, -0.05) is 6.42 Å². The number of ether oxygens (including phenoxy) is 1. The predicted molar refractivity (Wildman–Crippen MR) is 105 cm³/mol. The molecule has 0 aromatic carbocycles. The van der Waals surface area contributed by atoms with Crippen molar-refractivity contribution >= 4 is 28.3 Å². The summed E-state index contributed by atoms with van der Waals surface area (Å²) in [6.45, 7) is 3.04. The molecule has 1 aromatic heterocycles. The first-order chi connectivity index (χ1) is 12.2. The summed E-state index contributed by atoms with van der Waals surface area (Å²) in [7, 11) is 3.25. The number of carbonyl (C=O) groups is 1. The Morgan fingerprint density at radius 1 is 1.36 bits per heavy atom. The fourth-order valence-electron chi connectivity index (χ4n) is 2.96. The molecule has 140 valence electrons. The smallest absolute Gasteiger partial charge is 0.305 e. The number of guanidine groups is 1. The van der Waals surface area contributed by atoms with Crippen LogP contribution < -0.4 is 15.5 Å². The van der Waals surface area contributed by atoms with Crippen LogP contribution in [0.3, 0.4) is 0 Å². The van der Waals surface area contributed by atoms with Gasteiger partial charge in [0.05, 0.1) is 12.1 Å². The van der Waals surface area contributed by atoms with E-state index in [4.69, 9.17) is 0 Å². The number of nitrogens with one attached hydrogen (secondary N) is 2. The van der Waals surface area contributed by atoms with Gasteiger partial charge in [-0.05, 0) is 43.2 Å². The largest absolute Gasteiger partial charge is 0.469 e. The van der Waals surface area contributed by atoms with Crippen LogP contribution >= 0.6 is 11.3 Å². The molecule has 0 amide bonds. The second-order valence-electron chi connectivity index (χ2n) is 6.24. The molecule has 1 aliphatic rings. The highest BCUT2D eigenvalue weighted by atomic mass is 32.1. The van der Waals surface area contributed by atoms with E-state index in [-0.39, 0.29) is 5.97 Å². The number of esters is 1. The summed E-state index contributed by atoms with van der Waals surface area (Å²) < 4.78 is 4.64. The van der Waals surface area contributed by atoms with Crippen LogP contribution in [0.25, 0.3) is 0 Å². The molecule has 1 fully saturated rings. The molecule has 2 heterocycles. The van der Waals surface area contributed by atoms with Gasteiger partial charge in [-0.2, -0.15) is 0 Å². The maximum absolute atomic E-state index is 11.0. The van der Waals surface area contributed by atoms with Crippen molar-refractivity contribution in [3.8, 4) is 0 Å². The Balaban J connectivity index is 1.58. The monoisotopic (exact) mass is 366 g/mol. The molecule has 0 spiro atoms. The normalized spacial score (nSPS) is 15.9. The number of piperidine rings is 1. The molecule has 2 rings (SSSR count). The minimum absolute atomic E-state index is 0.126. The Kier molecular flexibility index (Phi) is 8.59. The van der Waals surface area contributed by atoms with Gasteiger partial charge in [0.1, 0.15) is 0 Å². The average molecular weight is 367 g/mol. The van der Waals surface area contributed by atoms with E-state index in [1.165, 1.54) is 12.1 Å². The second kappa shape index (κ2) is 11.0. The third-order valence-electron chi connectivity index (χ3n) is 4.46. The molecule has 0 saturated carbocycles. The van der Waals surface area contributed by atoms with Gasteiger partial charge in [0.25, 0.3) is 0 Å². The van der Waals surface area contributed by atoms with Crippen molar-refractivity contribution in [1.29, 1.82) is 0 Å². The van der Waals surface area contributed by atoms with Crippen molar-refractivity contribution in [2.75, 3.05) is 38.7 Å². The van der Waals surface area contributed by atoms with Crippen LogP contribution in [0.15, 0.2) is 22.5 Å². The lowest BCUT2D eigenvalue weighted by molar-refractivity contribution is -0.140. The quantitative estimate of drug-likeness (QED) is 0.320. The number of hydrogen-bond donors (Lipinski definition) is 2. The lowest BCUT2D eigenvalue weighted by Gasteiger charge is -2.33. The number of hydrogen-bond acceptors (Lipinski definition) is 5. The number of aliphatic imine (C=N–C) groups is 1. The van der Waals surface area contributed by atoms with Gasteiger partial charge in [-0.15, -0.1) is 11.3 Å². The Morgan fingerprint density at radius 2 is 2.16 bits per heavy atom. The molecule has 0 unspecified atom stereocenters. The molecule has 0 radical (unpaired) electrons. The van der Waals surface area contributed by atoms with Crippen LogP contribution in [0.4, 0.5) is 5.00 Å². The van der Waals surface area contributed by atoms with Crippen molar-refractivity contribution in [1.82, 2.24) is 10.6 Å². The van der Waals surface area contributed by atoms with Crippen molar-refractivity contribution in [3.05, 3.63) is 17.5 Å². The summed E-state index contributed by atoms with van der Waals surface area (Å²) in [6.07, 6.45) is 5.66. The molecule has 7 heteroatoms. The molecule has 6 nitrogen and oxygen atoms in total. The first-order valence-corrected chi connectivity index (χ1v) is 9.93. The van der Waals surface area contributed by atoms with Gasteiger partial charge < -0.3 is 20.3 Å². The van der Waals surface area contributed by atoms with E-state index >= 15 is 0 Å². The SMILES string of the molecule is CN=C(NCCCCCC(=O)OC)NC1CCN(c2cccs2)CC1. The number of rotatable bonds is 8. The summed E-state index contributed by atoms with van der Waals surface area (Å²) in [6, 6.07) is 4.78. The number of methoxy groups -OCH3 is 1. The average Bonchev–Trinajstić information content (AvgIpc) is 3.18. The highest BCUT2D eigenvalue weighted by Gasteiger charge is 2.20. The Morgan fingerprint density at radius 3 is 2.80 bits per heavy atom. The highest BCUT2D eigenvalue weighted by Crippen LogP contribution is 2.24. The maximum atomic E-state index is 11.0. The van der Waals surface area contributed by atoms with E-state index in [1.807, 2.05) is 18.4 Å². The zero-order valence-electron chi connectivity index (χ0n) is 15.3. The van der Waals surface area contributed by atoms with E-state index in [9.17, 15) is 4.79 Å². The van der Waals surface area contributed by atoms with Crippen LogP contribution in [0.1, 0.15) is 38.5 Å². The summed E-state index contributed by atoms with van der Waals surface area (Å²) in [5, 5.41) is 10.4. The molecular weight excluding hydrogens is 336 g/mol. The third-order valence-corrected chi connectivity index (χ3v) is 5.38. The van der Waals surface area contributed by atoms with Crippen molar-refractivity contribution < 1.29 is 9.53 Å². The van der Waals surface area contributed by atoms with Gasteiger partial charge in [0, 0.05) is 39.1 Å². The lowest BCUT2D eigenvalue weighted by atomic mass is 10.1. The van der Waals surface area contributed by atoms with Crippen molar-refractivity contribution in [2.45, 2.75) is 44.6 Å².